The lowest BCUT2D eigenvalue weighted by Crippen LogP contribution is -3.10. The van der Waals surface area contributed by atoms with Gasteiger partial charge < -0.3 is 23.4 Å². The molecule has 2 aliphatic rings. The van der Waals surface area contributed by atoms with Crippen LogP contribution in [0.5, 0.6) is 17.2 Å². The summed E-state index contributed by atoms with van der Waals surface area (Å²) in [5, 5.41) is 2.72. The van der Waals surface area contributed by atoms with E-state index in [0.717, 1.165) is 51.1 Å². The Kier molecular flexibility index (Phi) is 4.66. The van der Waals surface area contributed by atoms with E-state index in [4.69, 9.17) is 23.4 Å². The molecule has 7 heteroatoms. The third-order valence-electron chi connectivity index (χ3n) is 6.29. The lowest BCUT2D eigenvalue weighted by Gasteiger charge is -2.28. The van der Waals surface area contributed by atoms with Gasteiger partial charge in [-0.2, -0.15) is 0 Å². The molecule has 0 spiro atoms. The second-order valence-electron chi connectivity index (χ2n) is 8.39. The Labute approximate surface area is 190 Å². The summed E-state index contributed by atoms with van der Waals surface area (Å²) < 4.78 is 28.8. The fourth-order valence-corrected chi connectivity index (χ4v) is 4.89. The maximum atomic E-state index is 12.9. The van der Waals surface area contributed by atoms with Crippen molar-refractivity contribution in [1.29, 1.82) is 0 Å². The van der Waals surface area contributed by atoms with Crippen molar-refractivity contribution < 1.29 is 33.1 Å². The van der Waals surface area contributed by atoms with Crippen molar-refractivity contribution >= 4 is 27.7 Å². The molecule has 2 aliphatic heterocycles. The summed E-state index contributed by atoms with van der Waals surface area (Å²) in [7, 11) is 0. The molecule has 0 saturated carbocycles. The van der Waals surface area contributed by atoms with Crippen LogP contribution in [0.15, 0.2) is 46.9 Å². The van der Waals surface area contributed by atoms with E-state index in [1.165, 1.54) is 4.90 Å². The summed E-state index contributed by atoms with van der Waals surface area (Å²) >= 11 is 0. The molecule has 0 bridgehead atoms. The molecule has 6 rings (SSSR count). The van der Waals surface area contributed by atoms with E-state index in [9.17, 15) is 4.79 Å². The smallest absolute Gasteiger partial charge is 0.342 e. The number of carbonyl (C=O) groups excluding carboxylic acids is 1. The summed E-state index contributed by atoms with van der Waals surface area (Å²) in [6.07, 6.45) is 0. The lowest BCUT2D eigenvalue weighted by atomic mass is 9.96. The standard InChI is InChI=1S/C26H23NO6/c1-3-29-26(28)22-15(2)33-25-18-7-5-4-6-17(18)24-19(23(22)25)12-27(13-30-24)11-16-8-9-20-21(10-16)32-14-31-20/h4-10H,3,11-14H2,1-2H3/p+1. The number of ether oxygens (including phenoxy) is 4. The van der Waals surface area contributed by atoms with E-state index < -0.39 is 0 Å². The largest absolute Gasteiger partial charge is 0.462 e. The highest BCUT2D eigenvalue weighted by atomic mass is 16.7. The second kappa shape index (κ2) is 7.71. The third kappa shape index (κ3) is 3.19. The molecule has 33 heavy (non-hydrogen) atoms. The zero-order valence-electron chi connectivity index (χ0n) is 18.5. The molecule has 1 atom stereocenters. The van der Waals surface area contributed by atoms with E-state index in [0.29, 0.717) is 36.8 Å². The van der Waals surface area contributed by atoms with Gasteiger partial charge in [0.15, 0.2) is 11.5 Å². The predicted octanol–water partition coefficient (Wildman–Crippen LogP) is 3.73. The van der Waals surface area contributed by atoms with Gasteiger partial charge in [0, 0.05) is 21.7 Å². The van der Waals surface area contributed by atoms with Crippen LogP contribution < -0.4 is 19.1 Å². The van der Waals surface area contributed by atoms with Gasteiger partial charge in [0.1, 0.15) is 35.7 Å². The van der Waals surface area contributed by atoms with Crippen LogP contribution in [0.1, 0.15) is 34.2 Å². The minimum absolute atomic E-state index is 0.257. The molecule has 168 valence electrons. The van der Waals surface area contributed by atoms with Gasteiger partial charge in [-0.25, -0.2) is 4.79 Å². The first kappa shape index (κ1) is 19.9. The number of aryl methyl sites for hydroxylation is 1. The number of hydrogen-bond donors (Lipinski definition) is 1. The number of furan rings is 1. The summed E-state index contributed by atoms with van der Waals surface area (Å²) in [6, 6.07) is 14.0. The molecule has 3 aromatic carbocycles. The maximum Gasteiger partial charge on any atom is 0.342 e. The highest BCUT2D eigenvalue weighted by Crippen LogP contribution is 2.42. The normalized spacial score (nSPS) is 16.6. The van der Waals surface area contributed by atoms with Gasteiger partial charge in [0.2, 0.25) is 13.5 Å². The van der Waals surface area contributed by atoms with Crippen molar-refractivity contribution in [1.82, 2.24) is 0 Å². The van der Waals surface area contributed by atoms with Crippen LogP contribution >= 0.6 is 0 Å². The molecule has 7 nitrogen and oxygen atoms in total. The highest BCUT2D eigenvalue weighted by molar-refractivity contribution is 6.16. The Morgan fingerprint density at radius 1 is 1.06 bits per heavy atom. The minimum Gasteiger partial charge on any atom is -0.462 e. The SMILES string of the molecule is CCOC(=O)c1c(C)oc2c1c1c(c3ccccc32)OC[NH+](Cc2ccc3c(c2)OCO3)C1. The molecule has 3 heterocycles. The van der Waals surface area contributed by atoms with Gasteiger partial charge in [0.05, 0.1) is 12.2 Å². The fourth-order valence-electron chi connectivity index (χ4n) is 4.89. The Morgan fingerprint density at radius 2 is 1.88 bits per heavy atom. The average Bonchev–Trinajstić information content (AvgIpc) is 3.43. The van der Waals surface area contributed by atoms with Crippen molar-refractivity contribution in [2.45, 2.75) is 26.9 Å². The molecule has 0 aliphatic carbocycles. The van der Waals surface area contributed by atoms with Crippen molar-refractivity contribution in [2.24, 2.45) is 0 Å². The van der Waals surface area contributed by atoms with Gasteiger partial charge >= 0.3 is 5.97 Å². The molecular weight excluding hydrogens is 422 g/mol. The number of rotatable bonds is 4. The van der Waals surface area contributed by atoms with Crippen molar-refractivity contribution in [2.75, 3.05) is 20.1 Å². The van der Waals surface area contributed by atoms with Crippen molar-refractivity contribution in [3.05, 3.63) is 64.9 Å². The maximum absolute atomic E-state index is 12.9. The van der Waals surface area contributed by atoms with Crippen LogP contribution in [0.2, 0.25) is 0 Å². The summed E-state index contributed by atoms with van der Waals surface area (Å²) in [5.74, 6) is 2.56. The topological polar surface area (TPSA) is 71.6 Å². The van der Waals surface area contributed by atoms with E-state index in [-0.39, 0.29) is 12.8 Å². The van der Waals surface area contributed by atoms with E-state index in [2.05, 4.69) is 6.07 Å². The zero-order chi connectivity index (χ0) is 22.5. The first-order chi connectivity index (χ1) is 16.1. The molecule has 0 amide bonds. The zero-order valence-corrected chi connectivity index (χ0v) is 18.5. The molecule has 1 N–H and O–H groups in total. The Morgan fingerprint density at radius 3 is 2.73 bits per heavy atom. The van der Waals surface area contributed by atoms with Crippen LogP contribution in [-0.2, 0) is 17.8 Å². The monoisotopic (exact) mass is 446 g/mol. The molecule has 1 unspecified atom stereocenters. The van der Waals surface area contributed by atoms with Crippen molar-refractivity contribution in [3.8, 4) is 17.2 Å². The number of benzene rings is 3. The lowest BCUT2D eigenvalue weighted by molar-refractivity contribution is -0.945. The Hall–Kier alpha value is -3.71. The van der Waals surface area contributed by atoms with Crippen LogP contribution in [0, 0.1) is 6.92 Å². The van der Waals surface area contributed by atoms with Gasteiger partial charge in [-0.3, -0.25) is 4.90 Å². The van der Waals surface area contributed by atoms with Gasteiger partial charge in [-0.15, -0.1) is 0 Å². The van der Waals surface area contributed by atoms with Crippen LogP contribution in [0.25, 0.3) is 21.7 Å². The summed E-state index contributed by atoms with van der Waals surface area (Å²) in [4.78, 5) is 14.1. The first-order valence-corrected chi connectivity index (χ1v) is 11.1. The quantitative estimate of drug-likeness (QED) is 0.482. The second-order valence-corrected chi connectivity index (χ2v) is 8.39. The van der Waals surface area contributed by atoms with Crippen LogP contribution in [0.4, 0.5) is 0 Å². The van der Waals surface area contributed by atoms with Gasteiger partial charge in [-0.05, 0) is 32.0 Å². The summed E-state index contributed by atoms with van der Waals surface area (Å²) in [5.41, 5.74) is 3.30. The average molecular weight is 446 g/mol. The van der Waals surface area contributed by atoms with Crippen LogP contribution in [0.3, 0.4) is 0 Å². The highest BCUT2D eigenvalue weighted by Gasteiger charge is 2.32. The number of carbonyl (C=O) groups is 1. The number of hydrogen-bond acceptors (Lipinski definition) is 6. The molecule has 1 aromatic heterocycles. The number of quaternary nitrogens is 1. The van der Waals surface area contributed by atoms with E-state index >= 15 is 0 Å². The summed E-state index contributed by atoms with van der Waals surface area (Å²) in [6.45, 7) is 6.14. The molecule has 0 saturated heterocycles. The fraction of sp³-hybridized carbons (Fsp3) is 0.269. The van der Waals surface area contributed by atoms with Crippen LogP contribution in [-0.4, -0.2) is 26.1 Å². The van der Waals surface area contributed by atoms with E-state index in [1.807, 2.05) is 43.3 Å². The molecule has 0 radical (unpaired) electrons. The molecule has 0 fully saturated rings. The Bertz CT molecular complexity index is 1410. The third-order valence-corrected chi connectivity index (χ3v) is 6.29. The minimum atomic E-state index is -0.367. The Balaban J connectivity index is 1.46. The molecule has 4 aromatic rings. The number of nitrogens with one attached hydrogen (secondary N) is 1. The van der Waals surface area contributed by atoms with Gasteiger partial charge in [0.25, 0.3) is 0 Å². The van der Waals surface area contributed by atoms with E-state index in [1.54, 1.807) is 6.92 Å². The number of fused-ring (bicyclic) bond motifs is 7. The van der Waals surface area contributed by atoms with Crippen molar-refractivity contribution in [3.63, 3.8) is 0 Å². The molecular formula is C26H24NO6+. The predicted molar refractivity (Wildman–Crippen MR) is 121 cm³/mol. The number of esters is 1. The van der Waals surface area contributed by atoms with Gasteiger partial charge in [-0.1, -0.05) is 24.3 Å². The first-order valence-electron chi connectivity index (χ1n) is 11.1.